The minimum absolute atomic E-state index is 0.0434. The van der Waals surface area contributed by atoms with Crippen LogP contribution in [0.4, 0.5) is 0 Å². The maximum Gasteiger partial charge on any atom is 0.0594 e. The fourth-order valence-electron chi connectivity index (χ4n) is 11.8. The largest absolute Gasteiger partial charge is 0.393 e. The van der Waals surface area contributed by atoms with Crippen molar-refractivity contribution in [3.05, 3.63) is 12.2 Å². The molecular weight excluding hydrogens is 416 g/mol. The molecule has 0 aromatic heterocycles. The maximum absolute atomic E-state index is 11.0. The first-order valence-corrected chi connectivity index (χ1v) is 14.8. The molecule has 1 unspecified atom stereocenters. The summed E-state index contributed by atoms with van der Waals surface area (Å²) in [5.41, 5.74) is 3.03. The van der Waals surface area contributed by atoms with E-state index < -0.39 is 0 Å². The second-order valence-corrected chi connectivity index (χ2v) is 15.1. The fourth-order valence-corrected chi connectivity index (χ4v) is 11.8. The summed E-state index contributed by atoms with van der Waals surface area (Å²) in [5.74, 6) is 3.67. The van der Waals surface area contributed by atoms with Gasteiger partial charge in [0.2, 0.25) is 0 Å². The third-order valence-electron chi connectivity index (χ3n) is 13.8. The van der Waals surface area contributed by atoms with Gasteiger partial charge in [0.15, 0.2) is 0 Å². The summed E-state index contributed by atoms with van der Waals surface area (Å²) in [6.45, 7) is 23.6. The highest BCUT2D eigenvalue weighted by molar-refractivity contribution is 5.21. The van der Waals surface area contributed by atoms with Gasteiger partial charge in [-0.25, -0.2) is 0 Å². The molecule has 5 saturated carbocycles. The molecule has 0 amide bonds. The van der Waals surface area contributed by atoms with Gasteiger partial charge in [0, 0.05) is 6.61 Å². The van der Waals surface area contributed by atoms with Crippen molar-refractivity contribution in [3.8, 4) is 0 Å². The highest BCUT2D eigenvalue weighted by Crippen LogP contribution is 2.77. The van der Waals surface area contributed by atoms with Crippen LogP contribution in [0.25, 0.3) is 0 Å². The number of aliphatic hydroxyl groups is 1. The monoisotopic (exact) mass is 470 g/mol. The van der Waals surface area contributed by atoms with Crippen LogP contribution < -0.4 is 0 Å². The van der Waals surface area contributed by atoms with E-state index in [9.17, 15) is 5.11 Å². The summed E-state index contributed by atoms with van der Waals surface area (Å²) in [6.07, 6.45) is 12.9. The van der Waals surface area contributed by atoms with E-state index in [1.807, 2.05) is 0 Å². The smallest absolute Gasteiger partial charge is 0.0594 e. The lowest BCUT2D eigenvalue weighted by Crippen LogP contribution is -2.66. The van der Waals surface area contributed by atoms with Gasteiger partial charge in [0.25, 0.3) is 0 Å². The van der Waals surface area contributed by atoms with E-state index in [-0.39, 0.29) is 11.5 Å². The third kappa shape index (κ3) is 3.12. The second kappa shape index (κ2) is 8.08. The number of rotatable bonds is 4. The van der Waals surface area contributed by atoms with Crippen molar-refractivity contribution in [3.63, 3.8) is 0 Å². The zero-order chi connectivity index (χ0) is 24.7. The van der Waals surface area contributed by atoms with E-state index in [1.165, 1.54) is 63.4 Å². The Labute approximate surface area is 210 Å². The Morgan fingerprint density at radius 1 is 0.853 bits per heavy atom. The van der Waals surface area contributed by atoms with E-state index in [4.69, 9.17) is 4.74 Å². The highest BCUT2D eigenvalue weighted by Gasteiger charge is 2.70. The van der Waals surface area contributed by atoms with Crippen molar-refractivity contribution in [2.75, 3.05) is 13.2 Å². The molecule has 0 aliphatic heterocycles. The van der Waals surface area contributed by atoms with Crippen molar-refractivity contribution in [2.24, 2.45) is 56.7 Å². The first-order valence-electron chi connectivity index (χ1n) is 14.8. The van der Waals surface area contributed by atoms with Gasteiger partial charge in [-0.2, -0.15) is 0 Å². The molecule has 0 saturated heterocycles. The summed E-state index contributed by atoms with van der Waals surface area (Å²) < 4.78 is 6.22. The molecule has 0 radical (unpaired) electrons. The van der Waals surface area contributed by atoms with E-state index >= 15 is 0 Å². The van der Waals surface area contributed by atoms with Crippen LogP contribution in [-0.4, -0.2) is 24.4 Å². The molecule has 0 bridgehead atoms. The zero-order valence-electron chi connectivity index (χ0n) is 23.5. The first kappa shape index (κ1) is 25.3. The fraction of sp³-hybridized carbons (Fsp3) is 0.938. The van der Waals surface area contributed by atoms with Crippen LogP contribution in [0.2, 0.25) is 0 Å². The summed E-state index contributed by atoms with van der Waals surface area (Å²) in [4.78, 5) is 0. The Morgan fingerprint density at radius 2 is 1.59 bits per heavy atom. The molecule has 0 spiro atoms. The molecule has 5 fully saturated rings. The molecule has 194 valence electrons. The van der Waals surface area contributed by atoms with Crippen molar-refractivity contribution in [1.82, 2.24) is 0 Å². The summed E-state index contributed by atoms with van der Waals surface area (Å²) in [5, 5.41) is 11.0. The average molecular weight is 471 g/mol. The second-order valence-electron chi connectivity index (χ2n) is 15.1. The molecule has 5 aliphatic rings. The molecule has 0 aromatic carbocycles. The van der Waals surface area contributed by atoms with Gasteiger partial charge in [-0.3, -0.25) is 0 Å². The van der Waals surface area contributed by atoms with E-state index in [2.05, 4.69) is 55.0 Å². The quantitative estimate of drug-likeness (QED) is 0.421. The normalized spacial score (nSPS) is 53.9. The molecule has 5 aliphatic carbocycles. The Bertz CT molecular complexity index is 816. The average Bonchev–Trinajstić information content (AvgIpc) is 3.16. The molecule has 0 aromatic rings. The van der Waals surface area contributed by atoms with Crippen molar-refractivity contribution < 1.29 is 9.84 Å². The van der Waals surface area contributed by atoms with Gasteiger partial charge in [-0.15, -0.1) is 0 Å². The highest BCUT2D eigenvalue weighted by atomic mass is 16.5. The van der Waals surface area contributed by atoms with Crippen LogP contribution in [0.5, 0.6) is 0 Å². The molecule has 34 heavy (non-hydrogen) atoms. The van der Waals surface area contributed by atoms with E-state index in [0.29, 0.717) is 33.5 Å². The van der Waals surface area contributed by atoms with Gasteiger partial charge in [-0.05, 0) is 135 Å². The maximum atomic E-state index is 11.0. The topological polar surface area (TPSA) is 29.5 Å². The van der Waals surface area contributed by atoms with Crippen LogP contribution in [0.15, 0.2) is 12.2 Å². The molecule has 1 N–H and O–H groups in total. The van der Waals surface area contributed by atoms with Gasteiger partial charge in [-0.1, -0.05) is 46.8 Å². The number of allylic oxidation sites excluding steroid dienone is 1. The molecular formula is C32H54O2. The SMILES string of the molecule is C=C(C)[C@@H]1CC[C@]2(COCC)CC[C@]3(C)[C@H](CCC4[C@@]5(C)CC[C@H](O)C(C)(C)[C@@H]5CC[C@]43C)[C@@H]12. The zero-order valence-corrected chi connectivity index (χ0v) is 23.5. The Balaban J connectivity index is 1.53. The Hall–Kier alpha value is -0.340. The standard InChI is InChI=1S/C32H54O2/c1-9-34-20-32-17-12-22(21(2)3)27(32)23-10-11-25-29(6)15-14-26(33)28(4,5)24(29)13-16-31(25,8)30(23,7)18-19-32/h22-27,33H,2,9-20H2,1,3-8H3/t22-,23+,24-,25?,26-,27+,29-,30+,31+,32+/m0/s1. The number of fused-ring (bicyclic) bond motifs is 7. The lowest BCUT2D eigenvalue weighted by Gasteiger charge is -2.73. The van der Waals surface area contributed by atoms with Crippen LogP contribution in [0.1, 0.15) is 113 Å². The number of aliphatic hydroxyl groups excluding tert-OH is 1. The molecule has 2 heteroatoms. The third-order valence-corrected chi connectivity index (χ3v) is 13.8. The lowest BCUT2D eigenvalue weighted by atomic mass is 9.32. The van der Waals surface area contributed by atoms with Crippen molar-refractivity contribution in [2.45, 2.75) is 119 Å². The van der Waals surface area contributed by atoms with Crippen LogP contribution in [-0.2, 0) is 4.74 Å². The number of hydrogen-bond acceptors (Lipinski definition) is 2. The van der Waals surface area contributed by atoms with Gasteiger partial charge >= 0.3 is 0 Å². The van der Waals surface area contributed by atoms with Crippen LogP contribution in [0.3, 0.4) is 0 Å². The first-order chi connectivity index (χ1) is 15.9. The van der Waals surface area contributed by atoms with Crippen molar-refractivity contribution >= 4 is 0 Å². The Morgan fingerprint density at radius 3 is 2.26 bits per heavy atom. The van der Waals surface area contributed by atoms with Crippen molar-refractivity contribution in [1.29, 1.82) is 0 Å². The van der Waals surface area contributed by atoms with Crippen LogP contribution >= 0.6 is 0 Å². The number of hydrogen-bond donors (Lipinski definition) is 1. The van der Waals surface area contributed by atoms with Gasteiger partial charge in [0.1, 0.15) is 0 Å². The van der Waals surface area contributed by atoms with Gasteiger partial charge < -0.3 is 9.84 Å². The van der Waals surface area contributed by atoms with E-state index in [1.54, 1.807) is 0 Å². The minimum atomic E-state index is -0.134. The predicted molar refractivity (Wildman–Crippen MR) is 141 cm³/mol. The van der Waals surface area contributed by atoms with E-state index in [0.717, 1.165) is 37.4 Å². The molecule has 5 rings (SSSR count). The Kier molecular flexibility index (Phi) is 6.01. The summed E-state index contributed by atoms with van der Waals surface area (Å²) in [6, 6.07) is 0. The molecule has 0 heterocycles. The molecule has 10 atom stereocenters. The summed E-state index contributed by atoms with van der Waals surface area (Å²) in [7, 11) is 0. The van der Waals surface area contributed by atoms with Gasteiger partial charge in [0.05, 0.1) is 12.7 Å². The summed E-state index contributed by atoms with van der Waals surface area (Å²) >= 11 is 0. The molecule has 2 nitrogen and oxygen atoms in total. The predicted octanol–water partition coefficient (Wildman–Crippen LogP) is 8.04. The minimum Gasteiger partial charge on any atom is -0.393 e. The number of ether oxygens (including phenoxy) is 1. The van der Waals surface area contributed by atoms with Crippen LogP contribution in [0, 0.1) is 56.7 Å². The lowest BCUT2D eigenvalue weighted by molar-refractivity contribution is -0.250.